The molecule has 0 saturated heterocycles. The highest BCUT2D eigenvalue weighted by Gasteiger charge is 2.19. The third kappa shape index (κ3) is 3.59. The zero-order valence-electron chi connectivity index (χ0n) is 12.7. The Morgan fingerprint density at radius 1 is 1.18 bits per heavy atom. The van der Waals surface area contributed by atoms with E-state index in [1.165, 1.54) is 25.7 Å². The average molecular weight is 302 g/mol. The maximum absolute atomic E-state index is 12.4. The Kier molecular flexibility index (Phi) is 4.61. The molecule has 0 unspecified atom stereocenters. The highest BCUT2D eigenvalue weighted by Crippen LogP contribution is 2.28. The summed E-state index contributed by atoms with van der Waals surface area (Å²) < 4.78 is 5.51. The summed E-state index contributed by atoms with van der Waals surface area (Å²) in [4.78, 5) is 24.0. The van der Waals surface area contributed by atoms with Gasteiger partial charge in [-0.15, -0.1) is 0 Å². The maximum atomic E-state index is 12.4. The number of carbonyl (C=O) groups excluding carboxylic acids is 2. The molecule has 2 N–H and O–H groups in total. The van der Waals surface area contributed by atoms with Crippen molar-refractivity contribution in [1.29, 1.82) is 0 Å². The van der Waals surface area contributed by atoms with Crippen molar-refractivity contribution in [2.75, 3.05) is 11.9 Å². The number of benzene rings is 1. The topological polar surface area (TPSA) is 67.4 Å². The van der Waals surface area contributed by atoms with E-state index in [0.717, 1.165) is 12.8 Å². The quantitative estimate of drug-likeness (QED) is 0.825. The van der Waals surface area contributed by atoms with E-state index in [9.17, 15) is 9.59 Å². The molecule has 0 radical (unpaired) electrons. The van der Waals surface area contributed by atoms with Crippen LogP contribution in [0.15, 0.2) is 18.2 Å². The van der Waals surface area contributed by atoms with Crippen molar-refractivity contribution in [3.05, 3.63) is 23.8 Å². The summed E-state index contributed by atoms with van der Waals surface area (Å²) in [5, 5.41) is 5.90. The number of rotatable bonds is 2. The number of hydrogen-bond donors (Lipinski definition) is 2. The van der Waals surface area contributed by atoms with Crippen LogP contribution in [0.3, 0.4) is 0 Å². The molecule has 5 nitrogen and oxygen atoms in total. The molecular weight excluding hydrogens is 280 g/mol. The molecule has 0 spiro atoms. The predicted octanol–water partition coefficient (Wildman–Crippen LogP) is 2.86. The molecular formula is C17H22N2O3. The van der Waals surface area contributed by atoms with Crippen LogP contribution >= 0.6 is 0 Å². The molecule has 1 aliphatic carbocycles. The lowest BCUT2D eigenvalue weighted by molar-refractivity contribution is -0.116. The van der Waals surface area contributed by atoms with Gasteiger partial charge in [-0.25, -0.2) is 0 Å². The lowest BCUT2D eigenvalue weighted by Crippen LogP contribution is -2.34. The number of amides is 2. The second-order valence-electron chi connectivity index (χ2n) is 6.02. The van der Waals surface area contributed by atoms with Gasteiger partial charge in [0.25, 0.3) is 5.91 Å². The molecule has 5 heteroatoms. The van der Waals surface area contributed by atoms with Crippen LogP contribution in [0.25, 0.3) is 0 Å². The Morgan fingerprint density at radius 2 is 1.95 bits per heavy atom. The minimum Gasteiger partial charge on any atom is -0.491 e. The van der Waals surface area contributed by atoms with Crippen LogP contribution in [0.5, 0.6) is 5.75 Å². The van der Waals surface area contributed by atoms with Crippen LogP contribution in [0.2, 0.25) is 0 Å². The molecule has 0 aromatic heterocycles. The van der Waals surface area contributed by atoms with Gasteiger partial charge >= 0.3 is 0 Å². The fourth-order valence-electron chi connectivity index (χ4n) is 3.05. The van der Waals surface area contributed by atoms with Crippen molar-refractivity contribution in [3.63, 3.8) is 0 Å². The van der Waals surface area contributed by atoms with Gasteiger partial charge in [0, 0.05) is 11.6 Å². The predicted molar refractivity (Wildman–Crippen MR) is 84.1 cm³/mol. The monoisotopic (exact) mass is 302 g/mol. The van der Waals surface area contributed by atoms with E-state index in [-0.39, 0.29) is 17.9 Å². The zero-order valence-corrected chi connectivity index (χ0v) is 12.7. The van der Waals surface area contributed by atoms with E-state index in [4.69, 9.17) is 4.74 Å². The Morgan fingerprint density at radius 3 is 2.73 bits per heavy atom. The standard InChI is InChI=1S/C17H22N2O3/c20-16-9-10-22-15-8-7-12(11-14(15)19-16)17(21)18-13-5-3-1-2-4-6-13/h7-8,11,13H,1-6,9-10H2,(H,18,21)(H,19,20). The highest BCUT2D eigenvalue weighted by molar-refractivity contribution is 5.98. The number of anilines is 1. The normalized spacial score (nSPS) is 19.2. The molecule has 1 saturated carbocycles. The van der Waals surface area contributed by atoms with Gasteiger partial charge in [-0.2, -0.15) is 0 Å². The first-order valence-electron chi connectivity index (χ1n) is 8.10. The average Bonchev–Trinajstić information content (AvgIpc) is 2.86. The fraction of sp³-hybridized carbons (Fsp3) is 0.529. The van der Waals surface area contributed by atoms with Gasteiger partial charge in [-0.3, -0.25) is 9.59 Å². The Balaban J connectivity index is 1.71. The van der Waals surface area contributed by atoms with E-state index in [1.807, 2.05) is 0 Å². The molecule has 0 bridgehead atoms. The SMILES string of the molecule is O=C1CCOc2ccc(C(=O)NC3CCCCCC3)cc2N1. The highest BCUT2D eigenvalue weighted by atomic mass is 16.5. The van der Waals surface area contributed by atoms with Crippen molar-refractivity contribution in [1.82, 2.24) is 5.32 Å². The number of ether oxygens (including phenoxy) is 1. The van der Waals surface area contributed by atoms with Crippen LogP contribution < -0.4 is 15.4 Å². The Bertz CT molecular complexity index is 563. The van der Waals surface area contributed by atoms with Crippen LogP contribution in [0.1, 0.15) is 55.3 Å². The summed E-state index contributed by atoms with van der Waals surface area (Å²) >= 11 is 0. The minimum absolute atomic E-state index is 0.0757. The third-order valence-electron chi connectivity index (χ3n) is 4.29. The summed E-state index contributed by atoms with van der Waals surface area (Å²) in [7, 11) is 0. The molecule has 118 valence electrons. The molecule has 1 fully saturated rings. The smallest absolute Gasteiger partial charge is 0.251 e. The van der Waals surface area contributed by atoms with E-state index in [1.54, 1.807) is 18.2 Å². The molecule has 1 heterocycles. The van der Waals surface area contributed by atoms with Crippen molar-refractivity contribution >= 4 is 17.5 Å². The van der Waals surface area contributed by atoms with Gasteiger partial charge in [-0.05, 0) is 31.0 Å². The second-order valence-corrected chi connectivity index (χ2v) is 6.02. The van der Waals surface area contributed by atoms with E-state index in [2.05, 4.69) is 10.6 Å². The summed E-state index contributed by atoms with van der Waals surface area (Å²) in [5.74, 6) is 0.463. The first kappa shape index (κ1) is 14.9. The number of nitrogens with one attached hydrogen (secondary N) is 2. The zero-order chi connectivity index (χ0) is 15.4. The van der Waals surface area contributed by atoms with Gasteiger partial charge in [0.1, 0.15) is 5.75 Å². The second kappa shape index (κ2) is 6.81. The number of carbonyl (C=O) groups is 2. The number of fused-ring (bicyclic) bond motifs is 1. The van der Waals surface area contributed by atoms with E-state index < -0.39 is 0 Å². The lowest BCUT2D eigenvalue weighted by Gasteiger charge is -2.17. The van der Waals surface area contributed by atoms with Gasteiger partial charge < -0.3 is 15.4 Å². The lowest BCUT2D eigenvalue weighted by atomic mass is 10.1. The van der Waals surface area contributed by atoms with Crippen LogP contribution in [0, 0.1) is 0 Å². The van der Waals surface area contributed by atoms with Crippen molar-refractivity contribution in [2.24, 2.45) is 0 Å². The van der Waals surface area contributed by atoms with Crippen molar-refractivity contribution in [2.45, 2.75) is 51.0 Å². The first-order valence-corrected chi connectivity index (χ1v) is 8.10. The van der Waals surface area contributed by atoms with E-state index in [0.29, 0.717) is 30.0 Å². The molecule has 1 aliphatic heterocycles. The summed E-state index contributed by atoms with van der Waals surface area (Å²) in [6.45, 7) is 0.368. The summed E-state index contributed by atoms with van der Waals surface area (Å²) in [6, 6.07) is 5.47. The molecule has 3 rings (SSSR count). The molecule has 2 aliphatic rings. The van der Waals surface area contributed by atoms with E-state index >= 15 is 0 Å². The van der Waals surface area contributed by atoms with Gasteiger partial charge in [-0.1, -0.05) is 25.7 Å². The Labute approximate surface area is 130 Å². The van der Waals surface area contributed by atoms with Gasteiger partial charge in [0.2, 0.25) is 5.91 Å². The molecule has 0 atom stereocenters. The largest absolute Gasteiger partial charge is 0.491 e. The summed E-state index contributed by atoms with van der Waals surface area (Å²) in [6.07, 6.45) is 7.31. The van der Waals surface area contributed by atoms with Gasteiger partial charge in [0.15, 0.2) is 0 Å². The fourth-order valence-corrected chi connectivity index (χ4v) is 3.05. The number of hydrogen-bond acceptors (Lipinski definition) is 3. The minimum atomic E-state index is -0.0833. The maximum Gasteiger partial charge on any atom is 0.251 e. The van der Waals surface area contributed by atoms with Crippen molar-refractivity contribution in [3.8, 4) is 5.75 Å². The van der Waals surface area contributed by atoms with Crippen LogP contribution in [0.4, 0.5) is 5.69 Å². The van der Waals surface area contributed by atoms with Crippen LogP contribution in [-0.2, 0) is 4.79 Å². The molecule has 22 heavy (non-hydrogen) atoms. The first-order chi connectivity index (χ1) is 10.7. The Hall–Kier alpha value is -2.04. The molecule has 1 aromatic carbocycles. The molecule has 1 aromatic rings. The van der Waals surface area contributed by atoms with Crippen molar-refractivity contribution < 1.29 is 14.3 Å². The van der Waals surface area contributed by atoms with Crippen LogP contribution in [-0.4, -0.2) is 24.5 Å². The molecule has 2 amide bonds. The summed E-state index contributed by atoms with van der Waals surface area (Å²) in [5.41, 5.74) is 1.14. The van der Waals surface area contributed by atoms with Gasteiger partial charge in [0.05, 0.1) is 18.7 Å². The third-order valence-corrected chi connectivity index (χ3v) is 4.29.